The predicted molar refractivity (Wildman–Crippen MR) is 61.9 cm³/mol. The Balaban J connectivity index is 2.05. The number of hydrogen-bond donors (Lipinski definition) is 1. The average Bonchev–Trinajstić information content (AvgIpc) is 2.39. The van der Waals surface area contributed by atoms with Crippen LogP contribution in [0.3, 0.4) is 0 Å². The largest absolute Gasteiger partial charge is 0.469 e. The minimum absolute atomic E-state index is 0.0384. The summed E-state index contributed by atoms with van der Waals surface area (Å²) in [5, 5.41) is 3.44. The Kier molecular flexibility index (Phi) is 3.57. The normalized spacial score (nSPS) is 25.1. The van der Waals surface area contributed by atoms with Crippen molar-refractivity contribution in [2.45, 2.75) is 18.9 Å². The zero-order valence-electron chi connectivity index (χ0n) is 9.48. The molecule has 3 nitrogen and oxygen atoms in total. The monoisotopic (exact) mass is 219 g/mol. The Morgan fingerprint density at radius 3 is 2.81 bits per heavy atom. The summed E-state index contributed by atoms with van der Waals surface area (Å²) in [7, 11) is 1.46. The van der Waals surface area contributed by atoms with Gasteiger partial charge in [0, 0.05) is 6.04 Å². The molecule has 1 aromatic rings. The minimum atomic E-state index is -0.0811. The highest BCUT2D eigenvalue weighted by atomic mass is 16.5. The Hall–Kier alpha value is -1.35. The number of hydrogen-bond acceptors (Lipinski definition) is 3. The van der Waals surface area contributed by atoms with E-state index in [0.717, 1.165) is 19.4 Å². The molecule has 0 radical (unpaired) electrons. The Morgan fingerprint density at radius 1 is 1.38 bits per heavy atom. The minimum Gasteiger partial charge on any atom is -0.469 e. The molecular formula is C13H17NO2. The van der Waals surface area contributed by atoms with E-state index in [0.29, 0.717) is 0 Å². The van der Waals surface area contributed by atoms with Gasteiger partial charge < -0.3 is 10.1 Å². The van der Waals surface area contributed by atoms with Crippen LogP contribution < -0.4 is 5.32 Å². The number of esters is 1. The summed E-state index contributed by atoms with van der Waals surface area (Å²) in [5.41, 5.74) is 1.25. The van der Waals surface area contributed by atoms with Crippen molar-refractivity contribution >= 4 is 5.97 Å². The molecule has 1 saturated heterocycles. The molecule has 1 fully saturated rings. The lowest BCUT2D eigenvalue weighted by Crippen LogP contribution is -2.35. The van der Waals surface area contributed by atoms with Crippen LogP contribution in [0.2, 0.25) is 0 Å². The molecule has 0 unspecified atom stereocenters. The predicted octanol–water partition coefficient (Wildman–Crippen LogP) is 1.90. The highest BCUT2D eigenvalue weighted by Crippen LogP contribution is 2.27. The van der Waals surface area contributed by atoms with Crippen molar-refractivity contribution in [3.63, 3.8) is 0 Å². The first-order valence-corrected chi connectivity index (χ1v) is 5.67. The molecule has 0 aliphatic carbocycles. The molecule has 1 aliphatic heterocycles. The van der Waals surface area contributed by atoms with Crippen LogP contribution in [-0.4, -0.2) is 19.6 Å². The molecule has 1 aromatic carbocycles. The number of nitrogens with one attached hydrogen (secondary N) is 1. The van der Waals surface area contributed by atoms with Gasteiger partial charge in [-0.2, -0.15) is 0 Å². The van der Waals surface area contributed by atoms with Crippen molar-refractivity contribution in [1.82, 2.24) is 5.32 Å². The van der Waals surface area contributed by atoms with Gasteiger partial charge in [-0.15, -0.1) is 0 Å². The van der Waals surface area contributed by atoms with Crippen LogP contribution in [0, 0.1) is 5.92 Å². The third-order valence-electron chi connectivity index (χ3n) is 3.14. The topological polar surface area (TPSA) is 38.3 Å². The van der Waals surface area contributed by atoms with Crippen LogP contribution in [-0.2, 0) is 9.53 Å². The fourth-order valence-electron chi connectivity index (χ4n) is 2.24. The number of rotatable bonds is 2. The molecule has 0 aromatic heterocycles. The number of carbonyl (C=O) groups excluding carboxylic acids is 1. The molecule has 2 rings (SSSR count). The lowest BCUT2D eigenvalue weighted by atomic mass is 9.89. The number of piperidine rings is 1. The van der Waals surface area contributed by atoms with Crippen LogP contribution in [0.25, 0.3) is 0 Å². The van der Waals surface area contributed by atoms with Gasteiger partial charge in [0.05, 0.1) is 13.0 Å². The number of methoxy groups -OCH3 is 1. The van der Waals surface area contributed by atoms with Gasteiger partial charge in [-0.3, -0.25) is 4.79 Å². The van der Waals surface area contributed by atoms with Crippen molar-refractivity contribution in [3.05, 3.63) is 35.9 Å². The van der Waals surface area contributed by atoms with E-state index in [1.165, 1.54) is 12.7 Å². The second-order valence-electron chi connectivity index (χ2n) is 4.16. The molecule has 2 atom stereocenters. The molecular weight excluding hydrogens is 202 g/mol. The summed E-state index contributed by atoms with van der Waals surface area (Å²) in [5.74, 6) is -0.0427. The van der Waals surface area contributed by atoms with Crippen LogP contribution in [0.15, 0.2) is 30.3 Å². The first-order chi connectivity index (χ1) is 7.81. The van der Waals surface area contributed by atoms with Gasteiger partial charge in [-0.05, 0) is 24.9 Å². The van der Waals surface area contributed by atoms with Gasteiger partial charge in [0.2, 0.25) is 0 Å². The van der Waals surface area contributed by atoms with E-state index in [-0.39, 0.29) is 17.9 Å². The lowest BCUT2D eigenvalue weighted by molar-refractivity contribution is -0.146. The third kappa shape index (κ3) is 2.42. The van der Waals surface area contributed by atoms with Crippen molar-refractivity contribution in [1.29, 1.82) is 0 Å². The van der Waals surface area contributed by atoms with E-state index in [9.17, 15) is 4.79 Å². The van der Waals surface area contributed by atoms with Gasteiger partial charge in [-0.25, -0.2) is 0 Å². The summed E-state index contributed by atoms with van der Waals surface area (Å²) in [6.45, 7) is 0.874. The molecule has 0 bridgehead atoms. The molecule has 86 valence electrons. The second kappa shape index (κ2) is 5.12. The van der Waals surface area contributed by atoms with Crippen LogP contribution >= 0.6 is 0 Å². The van der Waals surface area contributed by atoms with E-state index in [2.05, 4.69) is 17.4 Å². The van der Waals surface area contributed by atoms with E-state index in [1.807, 2.05) is 18.2 Å². The Labute approximate surface area is 95.8 Å². The zero-order valence-corrected chi connectivity index (χ0v) is 9.48. The molecule has 16 heavy (non-hydrogen) atoms. The molecule has 1 heterocycles. The number of benzene rings is 1. The van der Waals surface area contributed by atoms with Crippen LogP contribution in [0.1, 0.15) is 24.4 Å². The summed E-state index contributed by atoms with van der Waals surface area (Å²) in [4.78, 5) is 11.5. The lowest BCUT2D eigenvalue weighted by Gasteiger charge is -2.29. The zero-order chi connectivity index (χ0) is 11.4. The van der Waals surface area contributed by atoms with Crippen LogP contribution in [0.5, 0.6) is 0 Å². The summed E-state index contributed by atoms with van der Waals surface area (Å²) >= 11 is 0. The Bertz CT molecular complexity index is 350. The van der Waals surface area contributed by atoms with Gasteiger partial charge >= 0.3 is 5.97 Å². The quantitative estimate of drug-likeness (QED) is 0.772. The highest BCUT2D eigenvalue weighted by Gasteiger charge is 2.28. The van der Waals surface area contributed by atoms with E-state index < -0.39 is 0 Å². The average molecular weight is 219 g/mol. The molecule has 0 amide bonds. The molecule has 1 aliphatic rings. The maximum Gasteiger partial charge on any atom is 0.308 e. The fraction of sp³-hybridized carbons (Fsp3) is 0.462. The van der Waals surface area contributed by atoms with Crippen LogP contribution in [0.4, 0.5) is 0 Å². The fourth-order valence-corrected chi connectivity index (χ4v) is 2.24. The van der Waals surface area contributed by atoms with Crippen molar-refractivity contribution in [3.8, 4) is 0 Å². The summed E-state index contributed by atoms with van der Waals surface area (Å²) in [6.07, 6.45) is 1.70. The van der Waals surface area contributed by atoms with Gasteiger partial charge in [0.25, 0.3) is 0 Å². The van der Waals surface area contributed by atoms with Gasteiger partial charge in [0.15, 0.2) is 0 Å². The summed E-state index contributed by atoms with van der Waals surface area (Å²) in [6, 6.07) is 10.5. The summed E-state index contributed by atoms with van der Waals surface area (Å²) < 4.78 is 4.81. The third-order valence-corrected chi connectivity index (χ3v) is 3.14. The highest BCUT2D eigenvalue weighted by molar-refractivity contribution is 5.72. The number of ether oxygens (including phenoxy) is 1. The van der Waals surface area contributed by atoms with Crippen molar-refractivity contribution in [2.75, 3.05) is 13.7 Å². The van der Waals surface area contributed by atoms with Gasteiger partial charge in [-0.1, -0.05) is 30.3 Å². The molecule has 0 saturated carbocycles. The standard InChI is InChI=1S/C13H17NO2/c1-16-13(15)11-7-8-14-12(9-11)10-5-3-2-4-6-10/h2-6,11-12,14H,7-9H2,1H3/t11-,12-/m0/s1. The number of carbonyl (C=O) groups is 1. The van der Waals surface area contributed by atoms with Crippen molar-refractivity contribution < 1.29 is 9.53 Å². The second-order valence-corrected chi connectivity index (χ2v) is 4.16. The molecule has 1 N–H and O–H groups in total. The van der Waals surface area contributed by atoms with E-state index >= 15 is 0 Å². The maximum atomic E-state index is 11.5. The van der Waals surface area contributed by atoms with E-state index in [4.69, 9.17) is 4.74 Å². The SMILES string of the molecule is COC(=O)[C@H]1CCN[C@H](c2ccccc2)C1. The molecule has 3 heteroatoms. The van der Waals surface area contributed by atoms with Gasteiger partial charge in [0.1, 0.15) is 0 Å². The Morgan fingerprint density at radius 2 is 2.12 bits per heavy atom. The molecule has 0 spiro atoms. The first kappa shape index (κ1) is 11.1. The maximum absolute atomic E-state index is 11.5. The smallest absolute Gasteiger partial charge is 0.308 e. The first-order valence-electron chi connectivity index (χ1n) is 5.67. The van der Waals surface area contributed by atoms with Crippen molar-refractivity contribution in [2.24, 2.45) is 5.92 Å². The van der Waals surface area contributed by atoms with E-state index in [1.54, 1.807) is 0 Å².